The number of Topliss-reactive ketones (excluding diaryl/α,β-unsaturated/α-hetero) is 1. The van der Waals surface area contributed by atoms with E-state index in [0.717, 1.165) is 47.2 Å². The van der Waals surface area contributed by atoms with Crippen LogP contribution in [0.25, 0.3) is 44.5 Å². The molecule has 53 heavy (non-hydrogen) atoms. The van der Waals surface area contributed by atoms with Crippen molar-refractivity contribution in [3.8, 4) is 22.3 Å². The number of aliphatic carboxylic acids is 1. The van der Waals surface area contributed by atoms with Crippen molar-refractivity contribution in [2.45, 2.75) is 52.6 Å². The van der Waals surface area contributed by atoms with E-state index in [1.54, 1.807) is 36.4 Å². The van der Waals surface area contributed by atoms with Gasteiger partial charge in [-0.1, -0.05) is 61.3 Å². The Hall–Kier alpha value is -5.04. The molecule has 2 aliphatic rings. The third kappa shape index (κ3) is 8.95. The predicted octanol–water partition coefficient (Wildman–Crippen LogP) is 7.33. The molecule has 3 atom stereocenters. The van der Waals surface area contributed by atoms with Gasteiger partial charge in [0.15, 0.2) is 5.78 Å². The lowest BCUT2D eigenvalue weighted by Gasteiger charge is -2.10. The second kappa shape index (κ2) is 16.7. The van der Waals surface area contributed by atoms with E-state index < -0.39 is 18.1 Å². The number of nitrogens with one attached hydrogen (secondary N) is 1. The van der Waals surface area contributed by atoms with Gasteiger partial charge in [-0.15, -0.1) is 0 Å². The number of rotatable bonds is 7. The first-order chi connectivity index (χ1) is 25.5. The van der Waals surface area contributed by atoms with Crippen molar-refractivity contribution in [2.75, 3.05) is 13.1 Å². The number of carboxylic acids is 1. The number of hydrogen-bond acceptors (Lipinski definition) is 9. The van der Waals surface area contributed by atoms with Crippen LogP contribution in [0.3, 0.4) is 0 Å². The second-order valence-electron chi connectivity index (χ2n) is 13.6. The molecule has 2 N–H and O–H groups in total. The summed E-state index contributed by atoms with van der Waals surface area (Å²) < 4.78 is 13.1. The topological polar surface area (TPSA) is 162 Å². The van der Waals surface area contributed by atoms with E-state index in [0.29, 0.717) is 32.5 Å². The highest BCUT2D eigenvalue weighted by Crippen LogP contribution is 2.32. The largest absolute Gasteiger partial charge is 0.480 e. The van der Waals surface area contributed by atoms with Gasteiger partial charge in [-0.3, -0.25) is 28.3 Å². The minimum atomic E-state index is -1.12. The maximum atomic E-state index is 13.0. The van der Waals surface area contributed by atoms with Crippen LogP contribution >= 0.6 is 23.2 Å². The molecule has 2 aromatic carbocycles. The zero-order valence-electron chi connectivity index (χ0n) is 29.3. The van der Waals surface area contributed by atoms with Crippen molar-refractivity contribution < 1.29 is 23.5 Å². The average Bonchev–Trinajstić information content (AvgIpc) is 3.97. The molecule has 6 aromatic rings. The number of ketones is 1. The van der Waals surface area contributed by atoms with Crippen molar-refractivity contribution in [3.05, 3.63) is 104 Å². The summed E-state index contributed by atoms with van der Waals surface area (Å²) in [6, 6.07) is 14.1. The maximum Gasteiger partial charge on any atom is 0.323 e. The first-order valence-corrected chi connectivity index (χ1v) is 18.1. The van der Waals surface area contributed by atoms with Gasteiger partial charge in [0, 0.05) is 27.1 Å². The van der Waals surface area contributed by atoms with Gasteiger partial charge < -0.3 is 19.3 Å². The van der Waals surface area contributed by atoms with Crippen LogP contribution < -0.4 is 16.4 Å². The standard InChI is InChI=1S/C20H19ClN2O3.C14H9ClN2O4.C5H11N/c1-12-2-3-14(8-12)17(24)9-23-11-22-19-18(20(23)25)16(10-26-19)13-4-6-15(21)7-5-13;15-9-3-1-8(2-4-9)10-6-21-13-12(10)14(20)17(7-16-13)5-11(18)19;1-5-2-3-6-4-5/h4-7,10-12,14H,2-3,8-9H2,1H3;1-4,6-7H,5H2,(H,18,19);5-6H,2-4H2,1H3. The summed E-state index contributed by atoms with van der Waals surface area (Å²) in [6.45, 7) is 6.52. The fourth-order valence-corrected chi connectivity index (χ4v) is 6.84. The summed E-state index contributed by atoms with van der Waals surface area (Å²) in [6.07, 6.45) is 9.77. The number of carboxylic acid groups (broad SMARTS) is 1. The Kier molecular flexibility index (Phi) is 11.9. The zero-order chi connectivity index (χ0) is 37.6. The van der Waals surface area contributed by atoms with Crippen molar-refractivity contribution in [3.63, 3.8) is 0 Å². The lowest BCUT2D eigenvalue weighted by Crippen LogP contribution is -2.27. The molecule has 8 rings (SSSR count). The Morgan fingerprint density at radius 2 is 1.28 bits per heavy atom. The van der Waals surface area contributed by atoms with E-state index in [1.807, 2.05) is 12.1 Å². The molecular formula is C39H39Cl2N5O7. The Morgan fingerprint density at radius 3 is 1.68 bits per heavy atom. The third-order valence-corrected chi connectivity index (χ3v) is 10.0. The number of nitrogens with zero attached hydrogens (tertiary/aromatic N) is 4. The van der Waals surface area contributed by atoms with Crippen LogP contribution in [0.4, 0.5) is 0 Å². The monoisotopic (exact) mass is 759 g/mol. The normalized spacial score (nSPS) is 18.0. The van der Waals surface area contributed by atoms with Gasteiger partial charge in [0.1, 0.15) is 42.5 Å². The van der Waals surface area contributed by atoms with Crippen LogP contribution in [0, 0.1) is 17.8 Å². The Balaban J connectivity index is 0.000000159. The quantitative estimate of drug-likeness (QED) is 0.169. The molecule has 276 valence electrons. The van der Waals surface area contributed by atoms with Gasteiger partial charge in [-0.05, 0) is 86.0 Å². The molecule has 14 heteroatoms. The van der Waals surface area contributed by atoms with Crippen LogP contribution in [0.1, 0.15) is 39.5 Å². The van der Waals surface area contributed by atoms with Crippen molar-refractivity contribution in [1.29, 1.82) is 0 Å². The lowest BCUT2D eigenvalue weighted by atomic mass is 10.0. The zero-order valence-corrected chi connectivity index (χ0v) is 30.8. The summed E-state index contributed by atoms with van der Waals surface area (Å²) >= 11 is 11.8. The molecule has 1 saturated carbocycles. The fraction of sp³-hybridized carbons (Fsp3) is 0.333. The summed E-state index contributed by atoms with van der Waals surface area (Å²) in [5.41, 5.74) is 2.51. The lowest BCUT2D eigenvalue weighted by molar-refractivity contribution is -0.137. The molecule has 4 aromatic heterocycles. The minimum Gasteiger partial charge on any atom is -0.480 e. The molecule has 0 spiro atoms. The molecule has 3 unspecified atom stereocenters. The predicted molar refractivity (Wildman–Crippen MR) is 203 cm³/mol. The molecule has 1 saturated heterocycles. The maximum absolute atomic E-state index is 13.0. The number of halogens is 2. The number of carbonyl (C=O) groups is 2. The summed E-state index contributed by atoms with van der Waals surface area (Å²) in [7, 11) is 0. The number of fused-ring (bicyclic) bond motifs is 2. The molecule has 5 heterocycles. The van der Waals surface area contributed by atoms with Gasteiger partial charge in [0.2, 0.25) is 11.4 Å². The van der Waals surface area contributed by atoms with Crippen LogP contribution in [0.5, 0.6) is 0 Å². The van der Waals surface area contributed by atoms with E-state index in [2.05, 4.69) is 29.1 Å². The highest BCUT2D eigenvalue weighted by atomic mass is 35.5. The van der Waals surface area contributed by atoms with Crippen LogP contribution in [-0.2, 0) is 22.7 Å². The van der Waals surface area contributed by atoms with Crippen molar-refractivity contribution in [1.82, 2.24) is 24.4 Å². The number of furan rings is 2. The van der Waals surface area contributed by atoms with Crippen LogP contribution in [-0.4, -0.2) is 49.1 Å². The van der Waals surface area contributed by atoms with Gasteiger partial charge in [0.25, 0.3) is 11.1 Å². The highest BCUT2D eigenvalue weighted by Gasteiger charge is 2.28. The second-order valence-corrected chi connectivity index (χ2v) is 14.5. The molecule has 2 fully saturated rings. The molecule has 0 bridgehead atoms. The van der Waals surface area contributed by atoms with E-state index in [9.17, 15) is 19.2 Å². The summed E-state index contributed by atoms with van der Waals surface area (Å²) in [5.74, 6) is 0.549. The van der Waals surface area contributed by atoms with Gasteiger partial charge in [-0.25, -0.2) is 9.97 Å². The number of hydrogen-bond donors (Lipinski definition) is 2. The molecule has 12 nitrogen and oxygen atoms in total. The van der Waals surface area contributed by atoms with Gasteiger partial charge in [0.05, 0.1) is 6.54 Å². The Bertz CT molecular complexity index is 2340. The van der Waals surface area contributed by atoms with Gasteiger partial charge >= 0.3 is 5.97 Å². The number of benzene rings is 2. The molecule has 1 aliphatic heterocycles. The van der Waals surface area contributed by atoms with Crippen molar-refractivity contribution in [2.24, 2.45) is 17.8 Å². The van der Waals surface area contributed by atoms with E-state index in [-0.39, 0.29) is 40.6 Å². The van der Waals surface area contributed by atoms with E-state index >= 15 is 0 Å². The minimum absolute atomic E-state index is 0.0488. The number of carbonyl (C=O) groups excluding carboxylic acids is 1. The molecular weight excluding hydrogens is 721 g/mol. The van der Waals surface area contributed by atoms with Crippen LogP contribution in [0.15, 0.2) is 92.1 Å². The van der Waals surface area contributed by atoms with E-state index in [4.69, 9.17) is 37.1 Å². The molecule has 0 amide bonds. The molecule has 0 radical (unpaired) electrons. The smallest absolute Gasteiger partial charge is 0.323 e. The average molecular weight is 761 g/mol. The van der Waals surface area contributed by atoms with E-state index in [1.165, 1.54) is 42.9 Å². The van der Waals surface area contributed by atoms with Gasteiger partial charge in [-0.2, -0.15) is 0 Å². The van der Waals surface area contributed by atoms with Crippen LogP contribution in [0.2, 0.25) is 10.0 Å². The Labute approximate surface area is 314 Å². The van der Waals surface area contributed by atoms with Crippen molar-refractivity contribution >= 4 is 57.2 Å². The highest BCUT2D eigenvalue weighted by molar-refractivity contribution is 6.31. The molecule has 1 aliphatic carbocycles. The SMILES string of the molecule is CC1CCC(C(=O)Cn2cnc3occ(-c4ccc(Cl)cc4)c3c2=O)C1.CC1CCNC1.O=C(O)Cn1cnc2occ(-c3ccc(Cl)cc3)c2c1=O. The summed E-state index contributed by atoms with van der Waals surface area (Å²) in [4.78, 5) is 56.8. The fourth-order valence-electron chi connectivity index (χ4n) is 6.59. The first kappa shape index (κ1) is 37.7. The first-order valence-electron chi connectivity index (χ1n) is 17.4. The summed E-state index contributed by atoms with van der Waals surface area (Å²) in [5, 5.41) is 13.9. The third-order valence-electron chi connectivity index (χ3n) is 9.52. The Morgan fingerprint density at radius 1 is 0.774 bits per heavy atom. The number of aromatic nitrogens is 4.